The summed E-state index contributed by atoms with van der Waals surface area (Å²) in [4.78, 5) is 10.3. The van der Waals surface area contributed by atoms with Crippen LogP contribution in [-0.4, -0.2) is 23.1 Å². The number of unbranched alkanes of at least 4 members (excludes halogenated alkanes) is 7. The highest BCUT2D eigenvalue weighted by molar-refractivity contribution is 6.52. The van der Waals surface area contributed by atoms with Crippen molar-refractivity contribution < 1.29 is 14.8 Å². The zero-order valence-electron chi connectivity index (χ0n) is 10.2. The highest BCUT2D eigenvalue weighted by atomic mass is 16.4. The Kier molecular flexibility index (Phi) is 10.6. The maximum absolute atomic E-state index is 10.3. The Morgan fingerprint density at radius 2 is 1.50 bits per heavy atom. The molecule has 0 saturated carbocycles. The minimum absolute atomic E-state index is 0.0750. The molecule has 0 bridgehead atoms. The van der Waals surface area contributed by atoms with Crippen LogP contribution < -0.4 is 0 Å². The summed E-state index contributed by atoms with van der Waals surface area (Å²) in [6, 6.07) is 0. The molecule has 0 spiro atoms. The molecule has 0 aromatic carbocycles. The summed E-state index contributed by atoms with van der Waals surface area (Å²) in [6.45, 7) is 2.20. The van der Waals surface area contributed by atoms with Crippen LogP contribution in [-0.2, 0) is 4.79 Å². The Labute approximate surface area is 98.7 Å². The standard InChI is InChI=1S/C12H23BO3/c1-2-3-4-5-6-7-8-9-10-12(11-14)13(15)16/h15-16H,2-10H2,1H3. The van der Waals surface area contributed by atoms with Crippen molar-refractivity contribution in [2.75, 3.05) is 0 Å². The molecule has 0 fully saturated rings. The van der Waals surface area contributed by atoms with E-state index in [-0.39, 0.29) is 5.47 Å². The first-order valence-electron chi connectivity index (χ1n) is 6.32. The van der Waals surface area contributed by atoms with Crippen molar-refractivity contribution in [3.05, 3.63) is 5.47 Å². The zero-order chi connectivity index (χ0) is 12.2. The molecule has 3 nitrogen and oxygen atoms in total. The summed E-state index contributed by atoms with van der Waals surface area (Å²) < 4.78 is 0. The molecule has 0 aliphatic rings. The van der Waals surface area contributed by atoms with Gasteiger partial charge >= 0.3 is 7.12 Å². The van der Waals surface area contributed by atoms with E-state index in [1.165, 1.54) is 32.1 Å². The molecule has 0 aliphatic carbocycles. The molecule has 2 N–H and O–H groups in total. The van der Waals surface area contributed by atoms with Gasteiger partial charge < -0.3 is 10.0 Å². The molecular weight excluding hydrogens is 203 g/mol. The summed E-state index contributed by atoms with van der Waals surface area (Å²) in [5.74, 6) is 1.59. The van der Waals surface area contributed by atoms with Gasteiger partial charge in [-0.1, -0.05) is 51.9 Å². The molecule has 0 rings (SSSR count). The number of hydrogen-bond donors (Lipinski definition) is 2. The Hall–Kier alpha value is -0.565. The monoisotopic (exact) mass is 226 g/mol. The van der Waals surface area contributed by atoms with Crippen molar-refractivity contribution in [3.8, 4) is 0 Å². The van der Waals surface area contributed by atoms with Crippen LogP contribution in [0.15, 0.2) is 5.47 Å². The second-order valence-corrected chi connectivity index (χ2v) is 4.23. The highest BCUT2D eigenvalue weighted by Gasteiger charge is 2.14. The SMILES string of the molecule is CCCCCCCCCCC(=C=O)B(O)O. The van der Waals surface area contributed by atoms with Gasteiger partial charge in [-0.25, -0.2) is 4.79 Å². The molecule has 4 heteroatoms. The molecular formula is C12H23BO3. The quantitative estimate of drug-likeness (QED) is 0.341. The number of rotatable bonds is 10. The molecule has 0 heterocycles. The Morgan fingerprint density at radius 1 is 1.00 bits per heavy atom. The molecule has 0 amide bonds. The lowest BCUT2D eigenvalue weighted by Crippen LogP contribution is -2.15. The van der Waals surface area contributed by atoms with E-state index in [0.717, 1.165) is 19.3 Å². The van der Waals surface area contributed by atoms with Gasteiger partial charge in [0.05, 0.1) is 0 Å². The van der Waals surface area contributed by atoms with Crippen LogP contribution in [0.25, 0.3) is 0 Å². The first-order chi connectivity index (χ1) is 7.72. The van der Waals surface area contributed by atoms with Gasteiger partial charge in [-0.2, -0.15) is 0 Å². The maximum Gasteiger partial charge on any atom is 0.495 e. The summed E-state index contributed by atoms with van der Waals surface area (Å²) in [6.07, 6.45) is 9.92. The van der Waals surface area contributed by atoms with E-state index in [4.69, 9.17) is 10.0 Å². The minimum Gasteiger partial charge on any atom is -0.423 e. The van der Waals surface area contributed by atoms with Crippen molar-refractivity contribution in [2.24, 2.45) is 0 Å². The van der Waals surface area contributed by atoms with E-state index >= 15 is 0 Å². The van der Waals surface area contributed by atoms with Crippen molar-refractivity contribution >= 4 is 13.1 Å². The molecule has 0 radical (unpaired) electrons. The van der Waals surface area contributed by atoms with Crippen molar-refractivity contribution in [1.82, 2.24) is 0 Å². The third-order valence-corrected chi connectivity index (χ3v) is 2.74. The Balaban J connectivity index is 3.30. The van der Waals surface area contributed by atoms with Crippen LogP contribution in [0.1, 0.15) is 64.7 Å². The van der Waals surface area contributed by atoms with Gasteiger partial charge in [0.25, 0.3) is 0 Å². The average molecular weight is 226 g/mol. The lowest BCUT2D eigenvalue weighted by molar-refractivity contribution is 0.415. The van der Waals surface area contributed by atoms with Crippen LogP contribution in [0, 0.1) is 0 Å². The van der Waals surface area contributed by atoms with E-state index < -0.39 is 7.12 Å². The second kappa shape index (κ2) is 10.9. The molecule has 0 unspecified atom stereocenters. The third kappa shape index (κ3) is 8.72. The maximum atomic E-state index is 10.3. The van der Waals surface area contributed by atoms with Gasteiger partial charge in [-0.3, -0.25) is 0 Å². The first-order valence-corrected chi connectivity index (χ1v) is 6.32. The fraction of sp³-hybridized carbons (Fsp3) is 0.833. The van der Waals surface area contributed by atoms with Crippen LogP contribution >= 0.6 is 0 Å². The summed E-state index contributed by atoms with van der Waals surface area (Å²) >= 11 is 0. The van der Waals surface area contributed by atoms with Gasteiger partial charge in [0, 0.05) is 5.47 Å². The van der Waals surface area contributed by atoms with E-state index in [2.05, 4.69) is 6.92 Å². The lowest BCUT2D eigenvalue weighted by Gasteiger charge is -2.02. The van der Waals surface area contributed by atoms with Gasteiger partial charge in [0.2, 0.25) is 0 Å². The van der Waals surface area contributed by atoms with Gasteiger partial charge in [0.15, 0.2) is 0 Å². The van der Waals surface area contributed by atoms with Crippen LogP contribution in [0.5, 0.6) is 0 Å². The van der Waals surface area contributed by atoms with Gasteiger partial charge in [0.1, 0.15) is 5.94 Å². The van der Waals surface area contributed by atoms with Crippen molar-refractivity contribution in [3.63, 3.8) is 0 Å². The lowest BCUT2D eigenvalue weighted by atomic mass is 9.77. The summed E-state index contributed by atoms with van der Waals surface area (Å²) in [7, 11) is -1.62. The van der Waals surface area contributed by atoms with E-state index in [1.807, 2.05) is 0 Å². The average Bonchev–Trinajstić information content (AvgIpc) is 2.26. The van der Waals surface area contributed by atoms with E-state index in [0.29, 0.717) is 6.42 Å². The Bertz CT molecular complexity index is 210. The Morgan fingerprint density at radius 3 is 1.94 bits per heavy atom. The van der Waals surface area contributed by atoms with Crippen LogP contribution in [0.3, 0.4) is 0 Å². The predicted octanol–water partition coefficient (Wildman–Crippen LogP) is 2.29. The fourth-order valence-electron chi connectivity index (χ4n) is 1.68. The fourth-order valence-corrected chi connectivity index (χ4v) is 1.68. The molecule has 0 aromatic heterocycles. The predicted molar refractivity (Wildman–Crippen MR) is 66.6 cm³/mol. The van der Waals surface area contributed by atoms with Gasteiger partial charge in [-0.15, -0.1) is 0 Å². The number of carbonyl (C=O) groups excluding carboxylic acids is 1. The molecule has 92 valence electrons. The van der Waals surface area contributed by atoms with Gasteiger partial charge in [-0.05, 0) is 12.8 Å². The topological polar surface area (TPSA) is 57.5 Å². The highest BCUT2D eigenvalue weighted by Crippen LogP contribution is 2.11. The summed E-state index contributed by atoms with van der Waals surface area (Å²) in [5.41, 5.74) is 0.0750. The molecule has 16 heavy (non-hydrogen) atoms. The zero-order valence-corrected chi connectivity index (χ0v) is 10.2. The van der Waals surface area contributed by atoms with E-state index in [1.54, 1.807) is 5.94 Å². The molecule has 0 atom stereocenters. The second-order valence-electron chi connectivity index (χ2n) is 4.23. The van der Waals surface area contributed by atoms with Crippen LogP contribution in [0.2, 0.25) is 0 Å². The smallest absolute Gasteiger partial charge is 0.423 e. The molecule has 0 aromatic rings. The largest absolute Gasteiger partial charge is 0.495 e. The first kappa shape index (κ1) is 15.4. The minimum atomic E-state index is -1.62. The number of allylic oxidation sites excluding steroid dienone is 1. The molecule has 0 aliphatic heterocycles. The van der Waals surface area contributed by atoms with Crippen molar-refractivity contribution in [2.45, 2.75) is 64.7 Å². The van der Waals surface area contributed by atoms with E-state index in [9.17, 15) is 4.79 Å². The molecule has 0 saturated heterocycles. The van der Waals surface area contributed by atoms with Crippen LogP contribution in [0.4, 0.5) is 0 Å². The van der Waals surface area contributed by atoms with Crippen molar-refractivity contribution in [1.29, 1.82) is 0 Å². The third-order valence-electron chi connectivity index (χ3n) is 2.74. The summed E-state index contributed by atoms with van der Waals surface area (Å²) in [5, 5.41) is 17.5. The normalized spacial score (nSPS) is 9.94. The number of hydrogen-bond acceptors (Lipinski definition) is 3.